The minimum atomic E-state index is -0.311. The predicted molar refractivity (Wildman–Crippen MR) is 86.4 cm³/mol. The van der Waals surface area contributed by atoms with Gasteiger partial charge in [-0.3, -0.25) is 4.90 Å². The Morgan fingerprint density at radius 3 is 2.77 bits per heavy atom. The first kappa shape index (κ1) is 16.8. The number of likely N-dealkylation sites (N-methyl/N-ethyl adjacent to an activating group) is 1. The maximum absolute atomic E-state index is 12.1. The van der Waals surface area contributed by atoms with Crippen LogP contribution in [-0.4, -0.2) is 62.3 Å². The Labute approximate surface area is 132 Å². The van der Waals surface area contributed by atoms with E-state index >= 15 is 0 Å². The van der Waals surface area contributed by atoms with Crippen molar-refractivity contribution in [3.63, 3.8) is 0 Å². The summed E-state index contributed by atoms with van der Waals surface area (Å²) in [5, 5.41) is 0. The quantitative estimate of drug-likeness (QED) is 0.838. The molecular weight excluding hydrogens is 280 g/mol. The molecule has 0 radical (unpaired) electrons. The third kappa shape index (κ3) is 5.00. The van der Waals surface area contributed by atoms with Crippen LogP contribution in [0.2, 0.25) is 0 Å². The van der Waals surface area contributed by atoms with E-state index < -0.39 is 0 Å². The third-order valence-electron chi connectivity index (χ3n) is 3.90. The average molecular weight is 306 g/mol. The highest BCUT2D eigenvalue weighted by molar-refractivity contribution is 5.70. The number of carbonyl (C=O) groups is 1. The Bertz CT molecular complexity index is 485. The molecule has 0 bridgehead atoms. The molecule has 1 aliphatic rings. The largest absolute Gasteiger partial charge is 0.415 e. The summed E-state index contributed by atoms with van der Waals surface area (Å²) in [6.07, 6.45) is -0.311. The molecule has 0 aliphatic carbocycles. The zero-order valence-electron chi connectivity index (χ0n) is 13.7. The zero-order chi connectivity index (χ0) is 15.9. The highest BCUT2D eigenvalue weighted by atomic mass is 16.6. The summed E-state index contributed by atoms with van der Waals surface area (Å²) in [5.74, 6) is 1.02. The molecule has 0 spiro atoms. The molecule has 2 rings (SSSR count). The van der Waals surface area contributed by atoms with Crippen molar-refractivity contribution >= 4 is 6.09 Å². The van der Waals surface area contributed by atoms with Crippen molar-refractivity contribution in [1.82, 2.24) is 9.80 Å². The molecule has 5 nitrogen and oxygen atoms in total. The van der Waals surface area contributed by atoms with Gasteiger partial charge >= 0.3 is 6.09 Å². The molecule has 1 aromatic carbocycles. The maximum atomic E-state index is 12.1. The molecule has 0 N–H and O–H groups in total. The summed E-state index contributed by atoms with van der Waals surface area (Å²) < 4.78 is 10.8. The molecule has 0 atom stereocenters. The number of ether oxygens (including phenoxy) is 2. The second-order valence-electron chi connectivity index (χ2n) is 5.97. The number of hydrogen-bond donors (Lipinski definition) is 0. The van der Waals surface area contributed by atoms with Gasteiger partial charge in [-0.1, -0.05) is 26.0 Å². The van der Waals surface area contributed by atoms with E-state index in [9.17, 15) is 4.79 Å². The summed E-state index contributed by atoms with van der Waals surface area (Å²) in [6.45, 7) is 9.15. The molecule has 1 heterocycles. The number of morpholine rings is 1. The first-order valence-electron chi connectivity index (χ1n) is 7.89. The lowest BCUT2D eigenvalue weighted by molar-refractivity contribution is 0.0349. The van der Waals surface area contributed by atoms with E-state index in [-0.39, 0.29) is 6.09 Å². The van der Waals surface area contributed by atoms with Crippen LogP contribution >= 0.6 is 0 Å². The molecule has 0 saturated carbocycles. The fourth-order valence-corrected chi connectivity index (χ4v) is 2.32. The van der Waals surface area contributed by atoms with Gasteiger partial charge < -0.3 is 14.4 Å². The van der Waals surface area contributed by atoms with Crippen LogP contribution in [0.1, 0.15) is 25.3 Å². The van der Waals surface area contributed by atoms with E-state index in [1.165, 1.54) is 5.56 Å². The van der Waals surface area contributed by atoms with E-state index in [1.54, 1.807) is 11.9 Å². The molecule has 5 heteroatoms. The topological polar surface area (TPSA) is 42.0 Å². The van der Waals surface area contributed by atoms with E-state index in [4.69, 9.17) is 9.47 Å². The lowest BCUT2D eigenvalue weighted by atomic mass is 10.0. The summed E-state index contributed by atoms with van der Waals surface area (Å²) in [7, 11) is 1.77. The SMILES string of the molecule is CC(C)c1cccc(OC(=O)N(C)CCN2CCOCC2)c1. The first-order chi connectivity index (χ1) is 10.6. The van der Waals surface area contributed by atoms with Gasteiger partial charge in [0.05, 0.1) is 13.2 Å². The zero-order valence-corrected chi connectivity index (χ0v) is 13.7. The third-order valence-corrected chi connectivity index (χ3v) is 3.90. The van der Waals surface area contributed by atoms with E-state index in [0.717, 1.165) is 32.8 Å². The summed E-state index contributed by atoms with van der Waals surface area (Å²) in [4.78, 5) is 16.0. The number of amides is 1. The molecule has 122 valence electrons. The predicted octanol–water partition coefficient (Wildman–Crippen LogP) is 2.57. The van der Waals surface area contributed by atoms with Crippen molar-refractivity contribution in [3.8, 4) is 5.75 Å². The van der Waals surface area contributed by atoms with Crippen molar-refractivity contribution in [2.24, 2.45) is 0 Å². The second kappa shape index (κ2) is 8.15. The van der Waals surface area contributed by atoms with Crippen LogP contribution in [-0.2, 0) is 4.74 Å². The van der Waals surface area contributed by atoms with E-state index in [0.29, 0.717) is 18.2 Å². The Balaban J connectivity index is 1.81. The number of hydrogen-bond acceptors (Lipinski definition) is 4. The molecule has 1 aromatic rings. The van der Waals surface area contributed by atoms with E-state index in [2.05, 4.69) is 18.7 Å². The van der Waals surface area contributed by atoms with Crippen LogP contribution in [0.15, 0.2) is 24.3 Å². The fraction of sp³-hybridized carbons (Fsp3) is 0.588. The van der Waals surface area contributed by atoms with Crippen LogP contribution in [0.5, 0.6) is 5.75 Å². The van der Waals surface area contributed by atoms with Gasteiger partial charge in [0.25, 0.3) is 0 Å². The van der Waals surface area contributed by atoms with Crippen molar-refractivity contribution in [2.45, 2.75) is 19.8 Å². The standard InChI is InChI=1S/C17H26N2O3/c1-14(2)15-5-4-6-16(13-15)22-17(20)18(3)7-8-19-9-11-21-12-10-19/h4-6,13-14H,7-12H2,1-3H3. The van der Waals surface area contributed by atoms with Crippen molar-refractivity contribution in [2.75, 3.05) is 46.4 Å². The van der Waals surface area contributed by atoms with Crippen LogP contribution in [0.3, 0.4) is 0 Å². The van der Waals surface area contributed by atoms with Gasteiger partial charge in [-0.15, -0.1) is 0 Å². The molecular formula is C17H26N2O3. The second-order valence-corrected chi connectivity index (χ2v) is 5.97. The Kier molecular flexibility index (Phi) is 6.21. The highest BCUT2D eigenvalue weighted by Gasteiger charge is 2.15. The van der Waals surface area contributed by atoms with Crippen molar-refractivity contribution in [1.29, 1.82) is 0 Å². The van der Waals surface area contributed by atoms with Crippen LogP contribution in [0, 0.1) is 0 Å². The number of carbonyl (C=O) groups excluding carboxylic acids is 1. The van der Waals surface area contributed by atoms with Gasteiger partial charge in [-0.05, 0) is 23.6 Å². The minimum Gasteiger partial charge on any atom is -0.410 e. The molecule has 1 amide bonds. The Morgan fingerprint density at radius 2 is 2.09 bits per heavy atom. The van der Waals surface area contributed by atoms with Gasteiger partial charge in [0.2, 0.25) is 0 Å². The smallest absolute Gasteiger partial charge is 0.410 e. The maximum Gasteiger partial charge on any atom is 0.415 e. The van der Waals surface area contributed by atoms with Crippen LogP contribution < -0.4 is 4.74 Å². The highest BCUT2D eigenvalue weighted by Crippen LogP contribution is 2.20. The monoisotopic (exact) mass is 306 g/mol. The molecule has 1 saturated heterocycles. The number of nitrogens with zero attached hydrogens (tertiary/aromatic N) is 2. The molecule has 0 unspecified atom stereocenters. The van der Waals surface area contributed by atoms with E-state index in [1.807, 2.05) is 24.3 Å². The summed E-state index contributed by atoms with van der Waals surface area (Å²) in [6, 6.07) is 7.72. The molecule has 1 fully saturated rings. The molecule has 22 heavy (non-hydrogen) atoms. The van der Waals surface area contributed by atoms with Gasteiger partial charge in [-0.2, -0.15) is 0 Å². The Hall–Kier alpha value is -1.59. The van der Waals surface area contributed by atoms with Gasteiger partial charge in [0, 0.05) is 33.2 Å². The minimum absolute atomic E-state index is 0.311. The normalized spacial score (nSPS) is 15.8. The molecule has 1 aliphatic heterocycles. The number of benzene rings is 1. The fourth-order valence-electron chi connectivity index (χ4n) is 2.32. The van der Waals surface area contributed by atoms with Crippen molar-refractivity contribution in [3.05, 3.63) is 29.8 Å². The summed E-state index contributed by atoms with van der Waals surface area (Å²) in [5.41, 5.74) is 1.17. The van der Waals surface area contributed by atoms with Gasteiger partial charge in [0.15, 0.2) is 0 Å². The first-order valence-corrected chi connectivity index (χ1v) is 7.89. The van der Waals surface area contributed by atoms with Gasteiger partial charge in [0.1, 0.15) is 5.75 Å². The van der Waals surface area contributed by atoms with Crippen LogP contribution in [0.25, 0.3) is 0 Å². The lowest BCUT2D eigenvalue weighted by Gasteiger charge is -2.28. The average Bonchev–Trinajstić information content (AvgIpc) is 2.53. The Morgan fingerprint density at radius 1 is 1.36 bits per heavy atom. The molecule has 0 aromatic heterocycles. The van der Waals surface area contributed by atoms with Gasteiger partial charge in [-0.25, -0.2) is 4.79 Å². The lowest BCUT2D eigenvalue weighted by Crippen LogP contribution is -2.42. The number of rotatable bonds is 5. The van der Waals surface area contributed by atoms with Crippen LogP contribution in [0.4, 0.5) is 4.79 Å². The summed E-state index contributed by atoms with van der Waals surface area (Å²) >= 11 is 0. The van der Waals surface area contributed by atoms with Crippen molar-refractivity contribution < 1.29 is 14.3 Å².